The van der Waals surface area contributed by atoms with E-state index in [9.17, 15) is 9.18 Å². The molecule has 0 aromatic heterocycles. The summed E-state index contributed by atoms with van der Waals surface area (Å²) in [5.74, 6) is 0.628. The van der Waals surface area contributed by atoms with E-state index in [0.29, 0.717) is 18.2 Å². The van der Waals surface area contributed by atoms with Crippen LogP contribution < -0.4 is 10.1 Å². The van der Waals surface area contributed by atoms with Gasteiger partial charge in [0.2, 0.25) is 0 Å². The maximum atomic E-state index is 14.1. The zero-order valence-electron chi connectivity index (χ0n) is 13.5. The predicted molar refractivity (Wildman–Crippen MR) is 89.4 cm³/mol. The number of hydrogen-bond donors (Lipinski definition) is 1. The van der Waals surface area contributed by atoms with E-state index in [4.69, 9.17) is 4.74 Å². The number of urea groups is 1. The molecular weight excluding hydrogens is 295 g/mol. The molecule has 2 aromatic rings. The first kappa shape index (κ1) is 16.8. The van der Waals surface area contributed by atoms with Crippen LogP contribution in [0.25, 0.3) is 0 Å². The number of ether oxygens (including phenoxy) is 1. The van der Waals surface area contributed by atoms with Crippen LogP contribution in [0.3, 0.4) is 0 Å². The summed E-state index contributed by atoms with van der Waals surface area (Å²) in [5.41, 5.74) is 0.0389. The van der Waals surface area contributed by atoms with E-state index in [2.05, 4.69) is 5.32 Å². The fourth-order valence-electron chi connectivity index (χ4n) is 2.16. The van der Waals surface area contributed by atoms with Crippen molar-refractivity contribution in [3.8, 4) is 11.5 Å². The summed E-state index contributed by atoms with van der Waals surface area (Å²) in [6.45, 7) is 4.60. The maximum absolute atomic E-state index is 14.1. The molecule has 0 saturated heterocycles. The van der Waals surface area contributed by atoms with E-state index in [1.54, 1.807) is 31.3 Å². The summed E-state index contributed by atoms with van der Waals surface area (Å²) in [5, 5.41) is 2.59. The zero-order chi connectivity index (χ0) is 16.8. The molecule has 0 bridgehead atoms. The minimum atomic E-state index is -0.537. The lowest BCUT2D eigenvalue weighted by molar-refractivity contribution is 0.217. The topological polar surface area (TPSA) is 41.6 Å². The molecule has 0 aliphatic heterocycles. The van der Waals surface area contributed by atoms with E-state index in [1.165, 1.54) is 11.0 Å². The van der Waals surface area contributed by atoms with Crippen LogP contribution in [-0.2, 0) is 0 Å². The number of carbonyl (C=O) groups excluding carboxylic acids is 1. The summed E-state index contributed by atoms with van der Waals surface area (Å²) >= 11 is 0. The second-order valence-corrected chi connectivity index (χ2v) is 5.73. The van der Waals surface area contributed by atoms with Crippen LogP contribution in [0.15, 0.2) is 48.5 Å². The number of benzene rings is 2. The molecular formula is C18H21FN2O2. The third-order valence-corrected chi connectivity index (χ3v) is 3.16. The zero-order valence-corrected chi connectivity index (χ0v) is 13.5. The van der Waals surface area contributed by atoms with Gasteiger partial charge in [0.25, 0.3) is 0 Å². The molecule has 0 atom stereocenters. The highest BCUT2D eigenvalue weighted by Gasteiger charge is 2.16. The van der Waals surface area contributed by atoms with Crippen LogP contribution in [0.4, 0.5) is 14.9 Å². The number of rotatable bonds is 5. The summed E-state index contributed by atoms with van der Waals surface area (Å²) in [7, 11) is 1.67. The van der Waals surface area contributed by atoms with Crippen LogP contribution in [0.1, 0.15) is 13.8 Å². The number of hydrogen-bond acceptors (Lipinski definition) is 2. The van der Waals surface area contributed by atoms with Gasteiger partial charge in [-0.25, -0.2) is 9.18 Å². The van der Waals surface area contributed by atoms with E-state index in [1.807, 2.05) is 32.0 Å². The number of amides is 2. The normalized spacial score (nSPS) is 10.5. The van der Waals surface area contributed by atoms with Crippen molar-refractivity contribution in [3.63, 3.8) is 0 Å². The first-order chi connectivity index (χ1) is 11.0. The summed E-state index contributed by atoms with van der Waals surface area (Å²) in [6, 6.07) is 13.1. The third-order valence-electron chi connectivity index (χ3n) is 3.16. The van der Waals surface area contributed by atoms with Crippen LogP contribution >= 0.6 is 0 Å². The Bertz CT molecular complexity index is 659. The Morgan fingerprint density at radius 2 is 1.87 bits per heavy atom. The molecule has 5 heteroatoms. The van der Waals surface area contributed by atoms with Crippen molar-refractivity contribution in [1.82, 2.24) is 4.90 Å². The average Bonchev–Trinajstić information content (AvgIpc) is 2.51. The number of halogens is 1. The van der Waals surface area contributed by atoms with Gasteiger partial charge >= 0.3 is 6.03 Å². The molecule has 0 aliphatic rings. The van der Waals surface area contributed by atoms with Crippen LogP contribution in [0.2, 0.25) is 0 Å². The minimum Gasteiger partial charge on any atom is -0.455 e. The number of carbonyl (C=O) groups is 1. The summed E-state index contributed by atoms with van der Waals surface area (Å²) < 4.78 is 19.8. The third kappa shape index (κ3) is 4.71. The van der Waals surface area contributed by atoms with Gasteiger partial charge in [0.15, 0.2) is 11.6 Å². The second-order valence-electron chi connectivity index (χ2n) is 5.73. The molecule has 0 heterocycles. The predicted octanol–water partition coefficient (Wildman–Crippen LogP) is 4.74. The standard InChI is InChI=1S/C18H21FN2O2/c1-13(2)12-21(3)18(22)20-17-15(19)10-7-11-16(17)23-14-8-5-4-6-9-14/h4-11,13H,12H2,1-3H3,(H,20,22). The molecule has 0 saturated carbocycles. The van der Waals surface area contributed by atoms with Crippen LogP contribution in [-0.4, -0.2) is 24.5 Å². The number of anilines is 1. The lowest BCUT2D eigenvalue weighted by Gasteiger charge is -2.21. The number of nitrogens with one attached hydrogen (secondary N) is 1. The van der Waals surface area contributed by atoms with Gasteiger partial charge in [0.1, 0.15) is 11.4 Å². The van der Waals surface area contributed by atoms with Gasteiger partial charge in [0, 0.05) is 13.6 Å². The lowest BCUT2D eigenvalue weighted by Crippen LogP contribution is -2.34. The Labute approximate surface area is 135 Å². The molecule has 0 radical (unpaired) electrons. The van der Waals surface area contributed by atoms with Crippen molar-refractivity contribution in [3.05, 3.63) is 54.3 Å². The Kier molecular flexibility index (Phi) is 5.57. The molecule has 0 aliphatic carbocycles. The molecule has 23 heavy (non-hydrogen) atoms. The Hall–Kier alpha value is -2.56. The first-order valence-electron chi connectivity index (χ1n) is 7.51. The Morgan fingerprint density at radius 1 is 1.17 bits per heavy atom. The van der Waals surface area contributed by atoms with Crippen molar-refractivity contribution in [2.45, 2.75) is 13.8 Å². The molecule has 2 aromatic carbocycles. The Morgan fingerprint density at radius 3 is 2.52 bits per heavy atom. The molecule has 4 nitrogen and oxygen atoms in total. The molecule has 1 N–H and O–H groups in total. The van der Waals surface area contributed by atoms with Crippen molar-refractivity contribution in [1.29, 1.82) is 0 Å². The van der Waals surface area contributed by atoms with E-state index < -0.39 is 5.82 Å². The lowest BCUT2D eigenvalue weighted by atomic mass is 10.2. The van der Waals surface area contributed by atoms with Gasteiger partial charge in [0.05, 0.1) is 0 Å². The van der Waals surface area contributed by atoms with Gasteiger partial charge in [-0.05, 0) is 30.2 Å². The smallest absolute Gasteiger partial charge is 0.321 e. The molecule has 0 unspecified atom stereocenters. The molecule has 2 amide bonds. The van der Waals surface area contributed by atoms with Gasteiger partial charge in [-0.1, -0.05) is 38.1 Å². The van der Waals surface area contributed by atoms with Gasteiger partial charge in [-0.15, -0.1) is 0 Å². The quantitative estimate of drug-likeness (QED) is 0.866. The highest BCUT2D eigenvalue weighted by atomic mass is 19.1. The second kappa shape index (κ2) is 7.63. The van der Waals surface area contributed by atoms with Crippen molar-refractivity contribution in [2.75, 3.05) is 18.9 Å². The van der Waals surface area contributed by atoms with E-state index in [-0.39, 0.29) is 17.5 Å². The van der Waals surface area contributed by atoms with Gasteiger partial charge in [-0.3, -0.25) is 0 Å². The van der Waals surface area contributed by atoms with Gasteiger partial charge < -0.3 is 15.0 Å². The van der Waals surface area contributed by atoms with Crippen LogP contribution in [0, 0.1) is 11.7 Å². The maximum Gasteiger partial charge on any atom is 0.321 e. The Balaban J connectivity index is 2.19. The molecule has 122 valence electrons. The van der Waals surface area contributed by atoms with Crippen molar-refractivity contribution < 1.29 is 13.9 Å². The number of nitrogens with zero attached hydrogens (tertiary/aromatic N) is 1. The fraction of sp³-hybridized carbons (Fsp3) is 0.278. The van der Waals surface area contributed by atoms with E-state index >= 15 is 0 Å². The van der Waals surface area contributed by atoms with Gasteiger partial charge in [-0.2, -0.15) is 0 Å². The van der Waals surface area contributed by atoms with E-state index in [0.717, 1.165) is 0 Å². The average molecular weight is 316 g/mol. The fourth-order valence-corrected chi connectivity index (χ4v) is 2.16. The van der Waals surface area contributed by atoms with Crippen LogP contribution in [0.5, 0.6) is 11.5 Å². The molecule has 2 rings (SSSR count). The highest BCUT2D eigenvalue weighted by Crippen LogP contribution is 2.31. The minimum absolute atomic E-state index is 0.0389. The van der Waals surface area contributed by atoms with Crippen molar-refractivity contribution in [2.24, 2.45) is 5.92 Å². The monoisotopic (exact) mass is 316 g/mol. The molecule has 0 fully saturated rings. The first-order valence-corrected chi connectivity index (χ1v) is 7.51. The number of para-hydroxylation sites is 2. The highest BCUT2D eigenvalue weighted by molar-refractivity contribution is 5.91. The molecule has 0 spiro atoms. The largest absolute Gasteiger partial charge is 0.455 e. The SMILES string of the molecule is CC(C)CN(C)C(=O)Nc1c(F)cccc1Oc1ccccc1. The summed E-state index contributed by atoms with van der Waals surface area (Å²) in [4.78, 5) is 13.7. The summed E-state index contributed by atoms with van der Waals surface area (Å²) in [6.07, 6.45) is 0. The van der Waals surface area contributed by atoms with Crippen molar-refractivity contribution >= 4 is 11.7 Å².